The van der Waals surface area contributed by atoms with Crippen LogP contribution in [0.2, 0.25) is 10.0 Å². The maximum Gasteiger partial charge on any atom is 0.244 e. The molecule has 4 nitrogen and oxygen atoms in total. The Labute approximate surface area is 140 Å². The van der Waals surface area contributed by atoms with E-state index in [-0.39, 0.29) is 23.1 Å². The molecular weight excluding hydrogens is 345 g/mol. The van der Waals surface area contributed by atoms with Gasteiger partial charge in [-0.05, 0) is 24.3 Å². The fourth-order valence-electron chi connectivity index (χ4n) is 1.79. The predicted octanol–water partition coefficient (Wildman–Crippen LogP) is 3.69. The minimum Gasteiger partial charge on any atom is -0.491 e. The summed E-state index contributed by atoms with van der Waals surface area (Å²) in [5.41, 5.74) is 0. The van der Waals surface area contributed by atoms with E-state index in [2.05, 4.69) is 0 Å². The molecule has 22 heavy (non-hydrogen) atoms. The van der Waals surface area contributed by atoms with Crippen molar-refractivity contribution in [1.29, 1.82) is 0 Å². The average molecular weight is 360 g/mol. The molecule has 0 unspecified atom stereocenters. The number of likely N-dealkylation sites (N-methyl/N-ethyl adjacent to an activating group) is 1. The van der Waals surface area contributed by atoms with Crippen LogP contribution in [0.3, 0.4) is 0 Å². The predicted molar refractivity (Wildman–Crippen MR) is 88.2 cm³/mol. The highest BCUT2D eigenvalue weighted by molar-refractivity contribution is 7.89. The lowest BCUT2D eigenvalue weighted by Gasteiger charge is -2.18. The second-order valence-electron chi connectivity index (χ2n) is 4.54. The van der Waals surface area contributed by atoms with Crippen molar-refractivity contribution in [3.8, 4) is 5.75 Å². The third-order valence-corrected chi connectivity index (χ3v) is 5.69. The molecule has 2 rings (SSSR count). The summed E-state index contributed by atoms with van der Waals surface area (Å²) < 4.78 is 31.5. The van der Waals surface area contributed by atoms with Gasteiger partial charge in [0.1, 0.15) is 17.3 Å². The number of nitrogens with zero attached hydrogens (tertiary/aromatic N) is 1. The van der Waals surface area contributed by atoms with Gasteiger partial charge in [-0.2, -0.15) is 4.31 Å². The summed E-state index contributed by atoms with van der Waals surface area (Å²) in [6.45, 7) is 0.364. The van der Waals surface area contributed by atoms with Gasteiger partial charge in [0.25, 0.3) is 0 Å². The first kappa shape index (κ1) is 17.1. The highest BCUT2D eigenvalue weighted by Crippen LogP contribution is 2.24. The first-order chi connectivity index (χ1) is 10.4. The summed E-state index contributed by atoms with van der Waals surface area (Å²) >= 11 is 11.9. The molecule has 0 aromatic heterocycles. The summed E-state index contributed by atoms with van der Waals surface area (Å²) in [5, 5.41) is 0.681. The van der Waals surface area contributed by atoms with Crippen molar-refractivity contribution in [1.82, 2.24) is 4.31 Å². The minimum absolute atomic E-state index is 0.0805. The maximum absolute atomic E-state index is 12.4. The Morgan fingerprint density at radius 1 is 1.00 bits per heavy atom. The molecule has 0 fully saturated rings. The summed E-state index contributed by atoms with van der Waals surface area (Å²) in [7, 11) is -2.17. The Kier molecular flexibility index (Phi) is 5.69. The molecule has 0 aliphatic rings. The molecule has 0 aliphatic carbocycles. The summed E-state index contributed by atoms with van der Waals surface area (Å²) in [4.78, 5) is 0.0805. The van der Waals surface area contributed by atoms with Crippen molar-refractivity contribution in [3.05, 3.63) is 58.6 Å². The largest absolute Gasteiger partial charge is 0.491 e. The van der Waals surface area contributed by atoms with Crippen LogP contribution >= 0.6 is 23.2 Å². The summed E-state index contributed by atoms with van der Waals surface area (Å²) in [6, 6.07) is 13.4. The Balaban J connectivity index is 2.02. The quantitative estimate of drug-likeness (QED) is 0.789. The number of benzene rings is 2. The van der Waals surface area contributed by atoms with Gasteiger partial charge < -0.3 is 4.74 Å². The number of hydrogen-bond donors (Lipinski definition) is 0. The van der Waals surface area contributed by atoms with Crippen molar-refractivity contribution < 1.29 is 13.2 Å². The standard InChI is InChI=1S/C15H15Cl2NO3S/c1-18(10-11-21-14-8-4-2-6-12(14)16)22(19,20)15-9-5-3-7-13(15)17/h2-9H,10-11H2,1H3. The molecular formula is C15H15Cl2NO3S. The van der Waals surface area contributed by atoms with E-state index in [1.54, 1.807) is 42.5 Å². The average Bonchev–Trinajstić information content (AvgIpc) is 2.49. The van der Waals surface area contributed by atoms with E-state index in [1.807, 2.05) is 0 Å². The van der Waals surface area contributed by atoms with Gasteiger partial charge in [0.05, 0.1) is 10.0 Å². The van der Waals surface area contributed by atoms with Crippen LogP contribution in [0.5, 0.6) is 5.75 Å². The molecule has 2 aromatic carbocycles. The maximum atomic E-state index is 12.4. The molecule has 0 amide bonds. The van der Waals surface area contributed by atoms with Crippen LogP contribution in [0.15, 0.2) is 53.4 Å². The third kappa shape index (κ3) is 3.93. The molecule has 118 valence electrons. The zero-order valence-electron chi connectivity index (χ0n) is 11.9. The second kappa shape index (κ2) is 7.33. The number of sulfonamides is 1. The Morgan fingerprint density at radius 2 is 1.59 bits per heavy atom. The van der Waals surface area contributed by atoms with Crippen LogP contribution in [0.25, 0.3) is 0 Å². The number of para-hydroxylation sites is 1. The van der Waals surface area contributed by atoms with Crippen LogP contribution in [0.1, 0.15) is 0 Å². The SMILES string of the molecule is CN(CCOc1ccccc1Cl)S(=O)(=O)c1ccccc1Cl. The van der Waals surface area contributed by atoms with Crippen LogP contribution in [0.4, 0.5) is 0 Å². The van der Waals surface area contributed by atoms with Gasteiger partial charge in [-0.3, -0.25) is 0 Å². The fraction of sp³-hybridized carbons (Fsp3) is 0.200. The van der Waals surface area contributed by atoms with Crippen LogP contribution in [0, 0.1) is 0 Å². The second-order valence-corrected chi connectivity index (χ2v) is 7.36. The van der Waals surface area contributed by atoms with Gasteiger partial charge >= 0.3 is 0 Å². The molecule has 2 aromatic rings. The molecule has 0 atom stereocenters. The van der Waals surface area contributed by atoms with Gasteiger partial charge in [-0.25, -0.2) is 8.42 Å². The molecule has 0 N–H and O–H groups in total. The molecule has 0 saturated heterocycles. The summed E-state index contributed by atoms with van der Waals surface area (Å²) in [5.74, 6) is 0.521. The van der Waals surface area contributed by atoms with E-state index in [4.69, 9.17) is 27.9 Å². The number of rotatable bonds is 6. The molecule has 0 saturated carbocycles. The van der Waals surface area contributed by atoms with Crippen molar-refractivity contribution >= 4 is 33.2 Å². The molecule has 0 heterocycles. The van der Waals surface area contributed by atoms with E-state index in [1.165, 1.54) is 17.4 Å². The van der Waals surface area contributed by atoms with Crippen LogP contribution < -0.4 is 4.74 Å². The number of halogens is 2. The Bertz CT molecular complexity index is 750. The smallest absolute Gasteiger partial charge is 0.244 e. The van der Waals surface area contributed by atoms with Gasteiger partial charge in [-0.15, -0.1) is 0 Å². The van der Waals surface area contributed by atoms with Gasteiger partial charge in [0, 0.05) is 13.6 Å². The van der Waals surface area contributed by atoms with Gasteiger partial charge in [0.2, 0.25) is 10.0 Å². The first-order valence-electron chi connectivity index (χ1n) is 6.51. The zero-order valence-corrected chi connectivity index (χ0v) is 14.2. The Morgan fingerprint density at radius 3 is 2.23 bits per heavy atom. The monoisotopic (exact) mass is 359 g/mol. The van der Waals surface area contributed by atoms with E-state index in [9.17, 15) is 8.42 Å². The number of hydrogen-bond acceptors (Lipinski definition) is 3. The van der Waals surface area contributed by atoms with E-state index in [0.29, 0.717) is 10.8 Å². The molecule has 0 bridgehead atoms. The van der Waals surface area contributed by atoms with E-state index in [0.717, 1.165) is 0 Å². The molecule has 0 spiro atoms. The minimum atomic E-state index is -3.65. The third-order valence-electron chi connectivity index (χ3n) is 3.03. The van der Waals surface area contributed by atoms with Gasteiger partial charge in [-0.1, -0.05) is 47.5 Å². The number of ether oxygens (including phenoxy) is 1. The summed E-state index contributed by atoms with van der Waals surface area (Å²) in [6.07, 6.45) is 0. The molecule has 0 radical (unpaired) electrons. The lowest BCUT2D eigenvalue weighted by Crippen LogP contribution is -2.31. The van der Waals surface area contributed by atoms with Crippen molar-refractivity contribution in [3.63, 3.8) is 0 Å². The van der Waals surface area contributed by atoms with Crippen LogP contribution in [-0.2, 0) is 10.0 Å². The normalized spacial score (nSPS) is 11.6. The lowest BCUT2D eigenvalue weighted by molar-refractivity contribution is 0.287. The topological polar surface area (TPSA) is 46.6 Å². The highest BCUT2D eigenvalue weighted by atomic mass is 35.5. The Hall–Kier alpha value is -1.27. The molecule has 7 heteroatoms. The first-order valence-corrected chi connectivity index (χ1v) is 8.70. The molecule has 0 aliphatic heterocycles. The lowest BCUT2D eigenvalue weighted by atomic mass is 10.3. The van der Waals surface area contributed by atoms with Gasteiger partial charge in [0.15, 0.2) is 0 Å². The zero-order chi connectivity index (χ0) is 16.2. The van der Waals surface area contributed by atoms with E-state index < -0.39 is 10.0 Å². The van der Waals surface area contributed by atoms with Crippen molar-refractivity contribution in [2.45, 2.75) is 4.90 Å². The van der Waals surface area contributed by atoms with Crippen molar-refractivity contribution in [2.24, 2.45) is 0 Å². The van der Waals surface area contributed by atoms with Crippen LogP contribution in [-0.4, -0.2) is 32.9 Å². The fourth-order valence-corrected chi connectivity index (χ4v) is 3.62. The van der Waals surface area contributed by atoms with Crippen molar-refractivity contribution in [2.75, 3.05) is 20.2 Å². The van der Waals surface area contributed by atoms with E-state index >= 15 is 0 Å². The highest BCUT2D eigenvalue weighted by Gasteiger charge is 2.23.